The van der Waals surface area contributed by atoms with Crippen LogP contribution in [0.1, 0.15) is 136 Å². The summed E-state index contributed by atoms with van der Waals surface area (Å²) in [5, 5.41) is 56.3. The average Bonchev–Trinajstić information content (AvgIpc) is 3.94. The lowest BCUT2D eigenvalue weighted by atomic mass is 9.87. The molecule has 0 radical (unpaired) electrons. The number of hydrogen-bond donors (Lipinski definition) is 8. The molecule has 448 valence electrons. The van der Waals surface area contributed by atoms with Crippen molar-refractivity contribution in [3.63, 3.8) is 0 Å². The summed E-state index contributed by atoms with van der Waals surface area (Å²) >= 11 is 0.972. The van der Waals surface area contributed by atoms with Crippen LogP contribution in [0.4, 0.5) is 5.82 Å². The molecule has 4 rings (SSSR count). The zero-order valence-corrected chi connectivity index (χ0v) is 47.5. The minimum Gasteiger partial charge on any atom is -0.790 e. The minimum absolute atomic E-state index is 0.0105. The number of carbonyl (C=O) groups excluding carboxylic acids is 3. The van der Waals surface area contributed by atoms with Crippen molar-refractivity contribution in [1.29, 1.82) is 0 Å². The molecular formula is C45H76N7O22P3S-4. The van der Waals surface area contributed by atoms with Gasteiger partial charge in [0.1, 0.15) is 42.4 Å². The summed E-state index contributed by atoms with van der Waals surface area (Å²) in [5.41, 5.74) is 4.04. The molecule has 2 aromatic heterocycles. The number of nitrogens with two attached hydrogens (primary N) is 1. The fourth-order valence-corrected chi connectivity index (χ4v) is 11.8. The molecule has 0 bridgehead atoms. The summed E-state index contributed by atoms with van der Waals surface area (Å²) in [6.07, 6.45) is 4.06. The Bertz CT molecular complexity index is 2320. The lowest BCUT2D eigenvalue weighted by Crippen LogP contribution is -2.47. The number of phosphoric acid groups is 3. The SMILES string of the molecule is C[C@@H]1O[C@@H](OCCCCCCCCCCCCCCC[C@@H](O)CC(=O)SCCNC(=O)CCNC(=O)[C@H](O)C(C)(C)COP(=O)([O-])OP(=O)([O-])OC[C@H]2O[C@@H](n3cnc4c(N)ncnc43)[C@H](O)[C@@H]2OP(=O)([O-])[O-])[C@H](O)C[C@H]1O. The summed E-state index contributed by atoms with van der Waals surface area (Å²) in [4.78, 5) is 97.2. The third-order valence-corrected chi connectivity index (χ3v) is 16.7. The molecule has 2 saturated heterocycles. The first-order valence-corrected chi connectivity index (χ1v) is 31.3. The number of rotatable bonds is 38. The van der Waals surface area contributed by atoms with E-state index < -0.39 is 109 Å². The number of anilines is 1. The minimum atomic E-state index is -5.94. The van der Waals surface area contributed by atoms with E-state index in [2.05, 4.69) is 43.5 Å². The summed E-state index contributed by atoms with van der Waals surface area (Å²) in [7, 11) is -17.7. The summed E-state index contributed by atoms with van der Waals surface area (Å²) in [6.45, 7) is 2.24. The van der Waals surface area contributed by atoms with E-state index in [4.69, 9.17) is 19.9 Å². The number of aliphatic hydroxyl groups is 5. The number of nitrogens with zero attached hydrogens (tertiary/aromatic N) is 4. The van der Waals surface area contributed by atoms with Crippen LogP contribution in [0.2, 0.25) is 0 Å². The summed E-state index contributed by atoms with van der Waals surface area (Å²) in [6, 6.07) is 0. The van der Waals surface area contributed by atoms with Gasteiger partial charge in [-0.05, 0) is 19.8 Å². The van der Waals surface area contributed by atoms with Gasteiger partial charge in [0, 0.05) is 50.1 Å². The largest absolute Gasteiger partial charge is 0.790 e. The molecule has 12 atom stereocenters. The maximum Gasteiger partial charge on any atom is 0.274 e. The Hall–Kier alpha value is -2.64. The third kappa shape index (κ3) is 24.1. The third-order valence-electron chi connectivity index (χ3n) is 12.8. The van der Waals surface area contributed by atoms with E-state index >= 15 is 0 Å². The van der Waals surface area contributed by atoms with E-state index in [-0.39, 0.29) is 66.3 Å². The Balaban J connectivity index is 0.994. The van der Waals surface area contributed by atoms with Gasteiger partial charge in [-0.1, -0.05) is 103 Å². The van der Waals surface area contributed by atoms with E-state index in [0.717, 1.165) is 73.9 Å². The normalized spacial score (nSPS) is 24.4. The molecule has 29 nitrogen and oxygen atoms in total. The second kappa shape index (κ2) is 32.9. The van der Waals surface area contributed by atoms with Gasteiger partial charge in [0.25, 0.3) is 15.6 Å². The van der Waals surface area contributed by atoms with Crippen LogP contribution in [0, 0.1) is 5.41 Å². The fraction of sp³-hybridized carbons (Fsp3) is 0.822. The molecule has 2 amide bonds. The highest BCUT2D eigenvalue weighted by Gasteiger charge is 2.47. The number of thioether (sulfide) groups is 1. The molecule has 0 aliphatic carbocycles. The second-order valence-corrected chi connectivity index (χ2v) is 25.1. The summed E-state index contributed by atoms with van der Waals surface area (Å²) in [5.74, 6) is -1.37. The monoisotopic (exact) mass is 1190 g/mol. The van der Waals surface area contributed by atoms with Crippen molar-refractivity contribution in [3.05, 3.63) is 12.7 Å². The number of amides is 2. The first kappa shape index (κ1) is 67.9. The topological polar surface area (TPSA) is 454 Å². The zero-order chi connectivity index (χ0) is 57.7. The standard InChI is InChI=1S/C45H80N7O22P3S/c1-29-31(54)24-32(55)44(71-29)68-21-16-14-12-10-8-6-4-5-7-9-11-13-15-17-30(53)23-35(57)78-22-20-47-34(56)18-19-48-42(60)39(59)45(2,3)26-70-77(66,67)74-76(64,65)69-25-33-38(73-75(61,62)63)37(58)43(72-33)52-28-51-36-40(46)49-27-50-41(36)52/h27-33,37-39,43-44,53-55,58-59H,4-26H2,1-3H3,(H,47,56)(H,48,60)(H,64,65)(H,66,67)(H2,46,49,50)(H2,61,62,63)/p-4/t29-,30+,31+,32+,33+,37+,38+,39-,43+,44+/m0/s1. The van der Waals surface area contributed by atoms with Crippen molar-refractivity contribution in [1.82, 2.24) is 30.2 Å². The molecule has 0 spiro atoms. The first-order valence-electron chi connectivity index (χ1n) is 26.0. The summed E-state index contributed by atoms with van der Waals surface area (Å²) < 4.78 is 72.1. The molecule has 0 aromatic carbocycles. The highest BCUT2D eigenvalue weighted by atomic mass is 32.2. The van der Waals surface area contributed by atoms with Gasteiger partial charge in [0.2, 0.25) is 11.8 Å². The number of carbonyl (C=O) groups is 3. The van der Waals surface area contributed by atoms with Gasteiger partial charge < -0.3 is 93.8 Å². The number of imidazole rings is 1. The smallest absolute Gasteiger partial charge is 0.274 e. The van der Waals surface area contributed by atoms with Crippen LogP contribution in [-0.4, -0.2) is 156 Å². The molecule has 2 fully saturated rings. The van der Waals surface area contributed by atoms with Crippen LogP contribution < -0.4 is 35.9 Å². The molecule has 2 aliphatic rings. The Morgan fingerprint density at radius 1 is 0.859 bits per heavy atom. The number of phosphoric ester groups is 3. The first-order chi connectivity index (χ1) is 36.7. The van der Waals surface area contributed by atoms with Crippen molar-refractivity contribution in [2.75, 3.05) is 44.4 Å². The Kier molecular flexibility index (Phi) is 28.6. The van der Waals surface area contributed by atoms with Gasteiger partial charge >= 0.3 is 0 Å². The number of hydrogen-bond acceptors (Lipinski definition) is 27. The second-order valence-electron chi connectivity index (χ2n) is 19.9. The number of aliphatic hydroxyl groups excluding tert-OH is 5. The highest BCUT2D eigenvalue weighted by molar-refractivity contribution is 8.13. The number of unbranched alkanes of at least 4 members (excludes halogenated alkanes) is 12. The predicted octanol–water partition coefficient (Wildman–Crippen LogP) is 0.222. The number of ether oxygens (including phenoxy) is 3. The van der Waals surface area contributed by atoms with Crippen molar-refractivity contribution in [2.24, 2.45) is 5.41 Å². The molecule has 2 aromatic rings. The Labute approximate surface area is 456 Å². The molecule has 4 heterocycles. The van der Waals surface area contributed by atoms with Gasteiger partial charge in [-0.2, -0.15) is 0 Å². The number of nitrogen functional groups attached to an aromatic ring is 1. The predicted molar refractivity (Wildman–Crippen MR) is 270 cm³/mol. The molecule has 0 saturated carbocycles. The molecule has 2 unspecified atom stereocenters. The van der Waals surface area contributed by atoms with Crippen LogP contribution in [0.5, 0.6) is 0 Å². The van der Waals surface area contributed by atoms with E-state index in [1.54, 1.807) is 6.92 Å². The van der Waals surface area contributed by atoms with Crippen LogP contribution >= 0.6 is 35.2 Å². The van der Waals surface area contributed by atoms with Crippen LogP contribution in [0.15, 0.2) is 12.7 Å². The van der Waals surface area contributed by atoms with Gasteiger partial charge in [-0.25, -0.2) is 19.3 Å². The van der Waals surface area contributed by atoms with Crippen LogP contribution in [0.25, 0.3) is 11.2 Å². The number of nitrogens with one attached hydrogen (secondary N) is 2. The van der Waals surface area contributed by atoms with Crippen molar-refractivity contribution < 1.29 is 105 Å². The van der Waals surface area contributed by atoms with Gasteiger partial charge in [0.15, 0.2) is 29.1 Å². The lowest BCUT2D eigenvalue weighted by Gasteiger charge is -2.36. The van der Waals surface area contributed by atoms with Crippen molar-refractivity contribution in [2.45, 2.75) is 191 Å². The van der Waals surface area contributed by atoms with E-state index in [0.29, 0.717) is 13.0 Å². The average molecular weight is 1190 g/mol. The van der Waals surface area contributed by atoms with Gasteiger partial charge in [-0.15, -0.1) is 0 Å². The molecular weight excluding hydrogens is 1120 g/mol. The maximum atomic E-state index is 12.7. The van der Waals surface area contributed by atoms with Gasteiger partial charge in [0.05, 0.1) is 45.7 Å². The zero-order valence-electron chi connectivity index (χ0n) is 44.0. The van der Waals surface area contributed by atoms with E-state index in [1.165, 1.54) is 52.4 Å². The van der Waals surface area contributed by atoms with Crippen molar-refractivity contribution >= 4 is 69.1 Å². The van der Waals surface area contributed by atoms with E-state index in [9.17, 15) is 73.2 Å². The number of aromatic nitrogens is 4. The van der Waals surface area contributed by atoms with Crippen molar-refractivity contribution in [3.8, 4) is 0 Å². The molecule has 78 heavy (non-hydrogen) atoms. The van der Waals surface area contributed by atoms with Crippen LogP contribution in [-0.2, 0) is 60.2 Å². The number of fused-ring (bicyclic) bond motifs is 1. The highest BCUT2D eigenvalue weighted by Crippen LogP contribution is 2.56. The maximum absolute atomic E-state index is 12.7. The Morgan fingerprint density at radius 3 is 2.12 bits per heavy atom. The molecule has 33 heteroatoms. The molecule has 9 N–H and O–H groups in total. The quantitative estimate of drug-likeness (QED) is 0.0329. The van der Waals surface area contributed by atoms with Crippen LogP contribution in [0.3, 0.4) is 0 Å². The van der Waals surface area contributed by atoms with E-state index in [1.807, 2.05) is 0 Å². The van der Waals surface area contributed by atoms with Gasteiger partial charge in [-0.3, -0.25) is 28.1 Å². The fourth-order valence-electron chi connectivity index (χ4n) is 8.35. The lowest BCUT2D eigenvalue weighted by molar-refractivity contribution is -0.347. The molecule has 2 aliphatic heterocycles. The Morgan fingerprint density at radius 2 is 1.47 bits per heavy atom.